The van der Waals surface area contributed by atoms with Gasteiger partial charge in [0.25, 0.3) is 0 Å². The molecule has 76 heavy (non-hydrogen) atoms. The molecule has 0 saturated carbocycles. The molecule has 7 atom stereocenters. The van der Waals surface area contributed by atoms with Crippen molar-refractivity contribution in [3.8, 4) is 0 Å². The third-order valence-corrected chi connectivity index (χ3v) is 15.3. The number of carbonyl (C=O) groups excluding carboxylic acids is 1. The smallest absolute Gasteiger partial charge is 0.220 e. The Balaban J connectivity index is 2.10. The van der Waals surface area contributed by atoms with Crippen LogP contribution in [0.4, 0.5) is 0 Å². The van der Waals surface area contributed by atoms with Gasteiger partial charge in [-0.2, -0.15) is 0 Å². The lowest BCUT2D eigenvalue weighted by atomic mass is 9.99. The minimum atomic E-state index is -1.58. The summed E-state index contributed by atoms with van der Waals surface area (Å²) in [6, 6.07) is -0.830. The first kappa shape index (κ1) is 71.9. The summed E-state index contributed by atoms with van der Waals surface area (Å²) in [4.78, 5) is 13.1. The third-order valence-electron chi connectivity index (χ3n) is 15.3. The Labute approximate surface area is 468 Å². The predicted octanol–water partition coefficient (Wildman–Crippen LogP) is 17.0. The summed E-state index contributed by atoms with van der Waals surface area (Å²) in [6.07, 6.45) is 70.4. The third kappa shape index (κ3) is 44.7. The van der Waals surface area contributed by atoms with Gasteiger partial charge < -0.3 is 40.3 Å². The first-order chi connectivity index (χ1) is 37.3. The van der Waals surface area contributed by atoms with E-state index in [4.69, 9.17) is 9.47 Å². The van der Waals surface area contributed by atoms with Crippen molar-refractivity contribution in [2.24, 2.45) is 0 Å². The average molecular weight is 1070 g/mol. The molecule has 1 fully saturated rings. The first-order valence-corrected chi connectivity index (χ1v) is 32.5. The van der Waals surface area contributed by atoms with E-state index < -0.39 is 49.5 Å². The molecule has 0 aromatic carbocycles. The van der Waals surface area contributed by atoms with Crippen LogP contribution in [0.15, 0.2) is 60.8 Å². The van der Waals surface area contributed by atoms with Gasteiger partial charge in [-0.05, 0) is 77.0 Å². The molecule has 0 radical (unpaired) electrons. The fourth-order valence-electron chi connectivity index (χ4n) is 10.2. The largest absolute Gasteiger partial charge is 0.394 e. The van der Waals surface area contributed by atoms with Crippen molar-refractivity contribution in [1.82, 2.24) is 5.32 Å². The molecule has 1 aliphatic rings. The Morgan fingerprint density at radius 1 is 0.447 bits per heavy atom. The van der Waals surface area contributed by atoms with Crippen LogP contribution in [0.2, 0.25) is 0 Å². The molecule has 7 unspecified atom stereocenters. The highest BCUT2D eigenvalue weighted by atomic mass is 16.7. The van der Waals surface area contributed by atoms with Gasteiger partial charge in [-0.1, -0.05) is 280 Å². The number of aliphatic hydroxyl groups is 5. The number of hydrogen-bond acceptors (Lipinski definition) is 8. The Morgan fingerprint density at radius 3 is 1.18 bits per heavy atom. The van der Waals surface area contributed by atoms with E-state index >= 15 is 0 Å². The van der Waals surface area contributed by atoms with Gasteiger partial charge in [-0.3, -0.25) is 4.79 Å². The van der Waals surface area contributed by atoms with E-state index in [0.29, 0.717) is 6.42 Å². The second-order valence-corrected chi connectivity index (χ2v) is 22.5. The first-order valence-electron chi connectivity index (χ1n) is 32.5. The van der Waals surface area contributed by atoms with Crippen molar-refractivity contribution < 1.29 is 39.8 Å². The number of unbranched alkanes of at least 4 members (excludes halogenated alkanes) is 38. The van der Waals surface area contributed by atoms with Gasteiger partial charge >= 0.3 is 0 Å². The number of carbonyl (C=O) groups is 1. The van der Waals surface area contributed by atoms with E-state index in [1.54, 1.807) is 6.08 Å². The second kappa shape index (κ2) is 56.2. The van der Waals surface area contributed by atoms with Crippen LogP contribution < -0.4 is 5.32 Å². The van der Waals surface area contributed by atoms with Crippen LogP contribution in [0.25, 0.3) is 0 Å². The van der Waals surface area contributed by atoms with Crippen molar-refractivity contribution in [3.05, 3.63) is 60.8 Å². The quantitative estimate of drug-likeness (QED) is 0.0261. The molecule has 9 heteroatoms. The van der Waals surface area contributed by atoms with Crippen molar-refractivity contribution in [2.75, 3.05) is 13.2 Å². The molecule has 6 N–H and O–H groups in total. The number of allylic oxidation sites excluding steroid dienone is 9. The van der Waals surface area contributed by atoms with Gasteiger partial charge in [-0.15, -0.1) is 0 Å². The lowest BCUT2D eigenvalue weighted by Gasteiger charge is -2.40. The van der Waals surface area contributed by atoms with Crippen LogP contribution in [-0.2, 0) is 14.3 Å². The number of aliphatic hydroxyl groups excluding tert-OH is 5. The molecule has 444 valence electrons. The number of ether oxygens (including phenoxy) is 2. The normalized spacial score (nSPS) is 19.2. The molecule has 0 aromatic rings. The van der Waals surface area contributed by atoms with Crippen molar-refractivity contribution in [1.29, 1.82) is 0 Å². The van der Waals surface area contributed by atoms with Crippen molar-refractivity contribution in [3.63, 3.8) is 0 Å². The van der Waals surface area contributed by atoms with Crippen LogP contribution in [0.5, 0.6) is 0 Å². The van der Waals surface area contributed by atoms with E-state index in [-0.39, 0.29) is 12.5 Å². The maximum Gasteiger partial charge on any atom is 0.220 e. The van der Waals surface area contributed by atoms with E-state index in [1.165, 1.54) is 225 Å². The summed E-state index contributed by atoms with van der Waals surface area (Å²) in [5, 5.41) is 54.5. The summed E-state index contributed by atoms with van der Waals surface area (Å²) >= 11 is 0. The maximum absolute atomic E-state index is 13.1. The van der Waals surface area contributed by atoms with Gasteiger partial charge in [0.1, 0.15) is 24.4 Å². The molecular weight excluding hydrogens is 947 g/mol. The minimum absolute atomic E-state index is 0.189. The lowest BCUT2D eigenvalue weighted by molar-refractivity contribution is -0.302. The SMILES string of the molecule is CCCCCCCC/C=C/CC/C=C/CC/C=C/C(O)C(COC1OC(CO)C(O)C(O)C1O)NC(=O)CCCCCCCCCCCCCCCCCCC/C=C\C/C=C\CCCCCCCCCCCCCCC. The fourth-order valence-corrected chi connectivity index (χ4v) is 10.2. The van der Waals surface area contributed by atoms with E-state index in [0.717, 1.165) is 57.8 Å². The highest BCUT2D eigenvalue weighted by Crippen LogP contribution is 2.23. The van der Waals surface area contributed by atoms with E-state index in [2.05, 4.69) is 67.8 Å². The highest BCUT2D eigenvalue weighted by molar-refractivity contribution is 5.76. The average Bonchev–Trinajstić information content (AvgIpc) is 3.42. The minimum Gasteiger partial charge on any atom is -0.394 e. The fraction of sp³-hybridized carbons (Fsp3) is 0.836. The summed E-state index contributed by atoms with van der Waals surface area (Å²) in [5.74, 6) is -0.189. The van der Waals surface area contributed by atoms with Crippen molar-refractivity contribution >= 4 is 5.91 Å². The molecule has 9 nitrogen and oxygen atoms in total. The van der Waals surface area contributed by atoms with Crippen LogP contribution in [0, 0.1) is 0 Å². The van der Waals surface area contributed by atoms with Crippen LogP contribution in [0.1, 0.15) is 303 Å². The van der Waals surface area contributed by atoms with Gasteiger partial charge in [0, 0.05) is 6.42 Å². The zero-order valence-corrected chi connectivity index (χ0v) is 49.5. The molecular formula is C67H123NO8. The Kier molecular flexibility index (Phi) is 53.1. The molecule has 0 aliphatic carbocycles. The van der Waals surface area contributed by atoms with Crippen LogP contribution in [0.3, 0.4) is 0 Å². The zero-order chi connectivity index (χ0) is 55.0. The van der Waals surface area contributed by atoms with Gasteiger partial charge in [0.05, 0.1) is 25.4 Å². The van der Waals surface area contributed by atoms with Gasteiger partial charge in [0.2, 0.25) is 5.91 Å². The predicted molar refractivity (Wildman–Crippen MR) is 322 cm³/mol. The van der Waals surface area contributed by atoms with E-state index in [9.17, 15) is 30.3 Å². The highest BCUT2D eigenvalue weighted by Gasteiger charge is 2.44. The summed E-state index contributed by atoms with van der Waals surface area (Å²) in [7, 11) is 0. The summed E-state index contributed by atoms with van der Waals surface area (Å²) in [6.45, 7) is 3.77. The number of rotatable bonds is 56. The molecule has 0 spiro atoms. The van der Waals surface area contributed by atoms with Crippen LogP contribution in [-0.4, -0.2) is 87.5 Å². The molecule has 0 bridgehead atoms. The van der Waals surface area contributed by atoms with Gasteiger partial charge in [0.15, 0.2) is 6.29 Å². The number of nitrogens with one attached hydrogen (secondary N) is 1. The molecule has 1 rings (SSSR count). The number of amides is 1. The standard InChI is InChI=1S/C67H123NO8/c1-3-5-7-9-11-13-15-17-19-21-22-23-24-25-26-27-28-29-30-31-32-33-34-35-36-37-38-39-40-41-43-45-47-49-51-53-55-57-63(71)68-60(59-75-67-66(74)65(73)64(72)62(58-69)76-67)61(70)56-54-52-50-48-46-44-42-20-18-16-14-12-10-8-6-4-2/h18,20,26-27,29-30,46,48,54,56,60-62,64-67,69-70,72-74H,3-17,19,21-25,28,31-45,47,49-53,55,57-59H2,1-2H3,(H,68,71)/b20-18+,27-26-,30-29-,48-46+,56-54+. The Bertz CT molecular complexity index is 1380. The Morgan fingerprint density at radius 2 is 0.789 bits per heavy atom. The molecule has 1 amide bonds. The topological polar surface area (TPSA) is 149 Å². The summed E-state index contributed by atoms with van der Waals surface area (Å²) < 4.78 is 11.3. The monoisotopic (exact) mass is 1070 g/mol. The van der Waals surface area contributed by atoms with Gasteiger partial charge in [-0.25, -0.2) is 0 Å². The van der Waals surface area contributed by atoms with Crippen molar-refractivity contribution in [2.45, 2.75) is 346 Å². The summed E-state index contributed by atoms with van der Waals surface area (Å²) in [5.41, 5.74) is 0. The molecule has 0 aromatic heterocycles. The lowest BCUT2D eigenvalue weighted by Crippen LogP contribution is -2.60. The Hall–Kier alpha value is -2.11. The number of hydrogen-bond donors (Lipinski definition) is 6. The molecule has 1 heterocycles. The maximum atomic E-state index is 13.1. The second-order valence-electron chi connectivity index (χ2n) is 22.5. The van der Waals surface area contributed by atoms with Crippen LogP contribution >= 0.6 is 0 Å². The van der Waals surface area contributed by atoms with E-state index in [1.807, 2.05) is 6.08 Å². The zero-order valence-electron chi connectivity index (χ0n) is 49.5. The molecule has 1 aliphatic heterocycles. The molecule has 1 saturated heterocycles.